The average Bonchev–Trinajstić information content (AvgIpc) is 3.54. The van der Waals surface area contributed by atoms with Crippen molar-refractivity contribution in [1.29, 1.82) is 0 Å². The molecule has 0 aromatic heterocycles. The van der Waals surface area contributed by atoms with Gasteiger partial charge in [-0.3, -0.25) is 4.79 Å². The highest BCUT2D eigenvalue weighted by atomic mass is 16.5. The maximum Gasteiger partial charge on any atom is 0.243 e. The number of hydrogen-bond donors (Lipinski definition) is 1. The molecule has 0 bridgehead atoms. The summed E-state index contributed by atoms with van der Waals surface area (Å²) in [5.74, 6) is 0.962. The van der Waals surface area contributed by atoms with E-state index in [1.807, 2.05) is 36.4 Å². The van der Waals surface area contributed by atoms with Crippen molar-refractivity contribution in [2.75, 3.05) is 7.11 Å². The van der Waals surface area contributed by atoms with Crippen LogP contribution in [0.15, 0.2) is 65.8 Å². The lowest BCUT2D eigenvalue weighted by Crippen LogP contribution is -2.20. The normalized spacial score (nSPS) is 18.5. The molecule has 1 N–H and O–H groups in total. The lowest BCUT2D eigenvalue weighted by atomic mass is 9.86. The molecule has 1 fully saturated rings. The predicted octanol–water partition coefficient (Wildman–Crippen LogP) is 5.40. The van der Waals surface area contributed by atoms with Gasteiger partial charge in [-0.2, -0.15) is 5.10 Å². The van der Waals surface area contributed by atoms with E-state index in [1.54, 1.807) is 13.3 Å². The molecule has 1 aliphatic carbocycles. The Morgan fingerprint density at radius 1 is 1.07 bits per heavy atom. The van der Waals surface area contributed by atoms with Gasteiger partial charge in [0.2, 0.25) is 5.91 Å². The average molecular weight is 401 g/mol. The van der Waals surface area contributed by atoms with Gasteiger partial charge >= 0.3 is 0 Å². The van der Waals surface area contributed by atoms with Crippen molar-refractivity contribution in [3.05, 3.63) is 77.4 Å². The standard InChI is InChI=1S/C26H28N2O2/c1-26(2,3)19-12-9-18(10-13-19)21-15-22(21)25(29)28-27-16-23-20-8-6-5-7-17(20)11-14-24(23)30-4/h5-14,16,21-22H,15H2,1-4H3,(H,28,29)/b27-16-. The van der Waals surface area contributed by atoms with E-state index in [0.29, 0.717) is 0 Å². The van der Waals surface area contributed by atoms with Crippen molar-refractivity contribution in [1.82, 2.24) is 5.43 Å². The van der Waals surface area contributed by atoms with Crippen LogP contribution in [0.1, 0.15) is 49.8 Å². The van der Waals surface area contributed by atoms with Gasteiger partial charge < -0.3 is 4.74 Å². The number of nitrogens with zero attached hydrogens (tertiary/aromatic N) is 1. The second-order valence-electron chi connectivity index (χ2n) is 8.96. The Morgan fingerprint density at radius 2 is 1.80 bits per heavy atom. The first-order valence-corrected chi connectivity index (χ1v) is 10.4. The third kappa shape index (κ3) is 4.09. The molecule has 0 heterocycles. The third-order valence-corrected chi connectivity index (χ3v) is 5.85. The van der Waals surface area contributed by atoms with E-state index in [0.717, 1.165) is 28.5 Å². The van der Waals surface area contributed by atoms with Crippen molar-refractivity contribution < 1.29 is 9.53 Å². The second kappa shape index (κ2) is 7.94. The zero-order valence-corrected chi connectivity index (χ0v) is 18.0. The zero-order chi connectivity index (χ0) is 21.3. The van der Waals surface area contributed by atoms with Crippen LogP contribution in [-0.2, 0) is 10.2 Å². The lowest BCUT2D eigenvalue weighted by molar-refractivity contribution is -0.122. The summed E-state index contributed by atoms with van der Waals surface area (Å²) in [7, 11) is 1.64. The number of nitrogens with one attached hydrogen (secondary N) is 1. The van der Waals surface area contributed by atoms with Crippen LogP contribution >= 0.6 is 0 Å². The van der Waals surface area contributed by atoms with Crippen LogP contribution in [-0.4, -0.2) is 19.2 Å². The van der Waals surface area contributed by atoms with Crippen molar-refractivity contribution in [2.45, 2.75) is 38.5 Å². The van der Waals surface area contributed by atoms with Crippen LogP contribution in [0, 0.1) is 5.92 Å². The molecular formula is C26H28N2O2. The van der Waals surface area contributed by atoms with Crippen molar-refractivity contribution in [3.8, 4) is 5.75 Å². The number of fused-ring (bicyclic) bond motifs is 1. The lowest BCUT2D eigenvalue weighted by Gasteiger charge is -2.19. The summed E-state index contributed by atoms with van der Waals surface area (Å²) < 4.78 is 5.48. The Balaban J connectivity index is 1.43. The highest BCUT2D eigenvalue weighted by Crippen LogP contribution is 2.47. The van der Waals surface area contributed by atoms with Gasteiger partial charge in [0, 0.05) is 11.5 Å². The third-order valence-electron chi connectivity index (χ3n) is 5.85. The molecular weight excluding hydrogens is 372 g/mol. The molecule has 4 rings (SSSR count). The number of ether oxygens (including phenoxy) is 1. The fourth-order valence-electron chi connectivity index (χ4n) is 3.91. The molecule has 1 aliphatic rings. The van der Waals surface area contributed by atoms with Gasteiger partial charge in [-0.15, -0.1) is 0 Å². The number of amides is 1. The van der Waals surface area contributed by atoms with E-state index in [9.17, 15) is 4.79 Å². The Morgan fingerprint density at radius 3 is 2.50 bits per heavy atom. The number of carbonyl (C=O) groups excluding carboxylic acids is 1. The van der Waals surface area contributed by atoms with E-state index in [2.05, 4.69) is 55.6 Å². The second-order valence-corrected chi connectivity index (χ2v) is 8.96. The van der Waals surface area contributed by atoms with Crippen LogP contribution in [0.25, 0.3) is 10.8 Å². The van der Waals surface area contributed by atoms with Gasteiger partial charge in [-0.25, -0.2) is 5.43 Å². The molecule has 0 aliphatic heterocycles. The maximum atomic E-state index is 12.6. The Labute approximate surface area is 178 Å². The van der Waals surface area contributed by atoms with Crippen LogP contribution in [0.2, 0.25) is 0 Å². The minimum absolute atomic E-state index is 0.0166. The van der Waals surface area contributed by atoms with Gasteiger partial charge in [-0.05, 0) is 45.7 Å². The Kier molecular flexibility index (Phi) is 5.33. The predicted molar refractivity (Wildman–Crippen MR) is 122 cm³/mol. The Hall–Kier alpha value is -3.14. The van der Waals surface area contributed by atoms with E-state index < -0.39 is 0 Å². The van der Waals surface area contributed by atoms with Gasteiger partial charge in [0.15, 0.2) is 0 Å². The molecule has 1 amide bonds. The van der Waals surface area contributed by atoms with Gasteiger partial charge in [0.25, 0.3) is 0 Å². The minimum atomic E-state index is -0.0321. The summed E-state index contributed by atoms with van der Waals surface area (Å²) in [5, 5.41) is 6.38. The van der Waals surface area contributed by atoms with Gasteiger partial charge in [0.1, 0.15) is 5.75 Å². The quantitative estimate of drug-likeness (QED) is 0.460. The molecule has 30 heavy (non-hydrogen) atoms. The minimum Gasteiger partial charge on any atom is -0.496 e. The van der Waals surface area contributed by atoms with E-state index in [4.69, 9.17) is 4.74 Å². The summed E-state index contributed by atoms with van der Waals surface area (Å²) in [6, 6.07) is 20.7. The fraction of sp³-hybridized carbons (Fsp3) is 0.308. The maximum absolute atomic E-state index is 12.6. The number of methoxy groups -OCH3 is 1. The summed E-state index contributed by atoms with van der Waals surface area (Å²) in [5.41, 5.74) is 6.25. The smallest absolute Gasteiger partial charge is 0.243 e. The summed E-state index contributed by atoms with van der Waals surface area (Å²) in [4.78, 5) is 12.6. The van der Waals surface area contributed by atoms with E-state index in [1.165, 1.54) is 11.1 Å². The molecule has 2 unspecified atom stereocenters. The largest absolute Gasteiger partial charge is 0.496 e. The molecule has 1 saturated carbocycles. The fourth-order valence-corrected chi connectivity index (χ4v) is 3.91. The van der Waals surface area contributed by atoms with Gasteiger partial charge in [0.05, 0.1) is 13.3 Å². The summed E-state index contributed by atoms with van der Waals surface area (Å²) >= 11 is 0. The summed E-state index contributed by atoms with van der Waals surface area (Å²) in [6.45, 7) is 6.62. The number of hydrogen-bond acceptors (Lipinski definition) is 3. The molecule has 3 aromatic carbocycles. The number of rotatable bonds is 5. The van der Waals surface area contributed by atoms with Crippen LogP contribution in [0.4, 0.5) is 0 Å². The molecule has 0 spiro atoms. The van der Waals surface area contributed by atoms with Crippen LogP contribution in [0.3, 0.4) is 0 Å². The molecule has 0 radical (unpaired) electrons. The van der Waals surface area contributed by atoms with Crippen molar-refractivity contribution in [2.24, 2.45) is 11.0 Å². The van der Waals surface area contributed by atoms with Gasteiger partial charge in [-0.1, -0.05) is 75.4 Å². The zero-order valence-electron chi connectivity index (χ0n) is 18.0. The molecule has 4 nitrogen and oxygen atoms in total. The van der Waals surface area contributed by atoms with Crippen molar-refractivity contribution in [3.63, 3.8) is 0 Å². The molecule has 3 aromatic rings. The topological polar surface area (TPSA) is 50.7 Å². The van der Waals surface area contributed by atoms with Crippen molar-refractivity contribution >= 4 is 22.9 Å². The summed E-state index contributed by atoms with van der Waals surface area (Å²) in [6.07, 6.45) is 2.54. The first-order valence-electron chi connectivity index (χ1n) is 10.4. The van der Waals surface area contributed by atoms with Crippen LogP contribution in [0.5, 0.6) is 5.75 Å². The molecule has 2 atom stereocenters. The number of hydrazone groups is 1. The highest BCUT2D eigenvalue weighted by molar-refractivity contribution is 6.02. The van der Waals surface area contributed by atoms with E-state index in [-0.39, 0.29) is 23.2 Å². The number of benzene rings is 3. The molecule has 0 saturated heterocycles. The first kappa shape index (κ1) is 20.1. The van der Waals surface area contributed by atoms with Crippen LogP contribution < -0.4 is 10.2 Å². The Bertz CT molecular complexity index is 1090. The molecule has 4 heteroatoms. The monoisotopic (exact) mass is 400 g/mol. The highest BCUT2D eigenvalue weighted by Gasteiger charge is 2.44. The molecule has 154 valence electrons. The SMILES string of the molecule is COc1ccc2ccccc2c1/C=N\NC(=O)C1CC1c1ccc(C(C)(C)C)cc1. The number of carbonyl (C=O) groups is 1. The first-order chi connectivity index (χ1) is 14.4. The van der Waals surface area contributed by atoms with E-state index >= 15 is 0 Å².